The largest absolute Gasteiger partial charge is 0.451 e. The molecule has 0 atom stereocenters. The number of nitriles is 6. The lowest BCUT2D eigenvalue weighted by Crippen LogP contribution is -2.12. The summed E-state index contributed by atoms with van der Waals surface area (Å²) < 4.78 is 127. The second-order valence-corrected chi connectivity index (χ2v) is 11.0. The lowest BCUT2D eigenvalue weighted by Gasteiger charge is -2.18. The number of rotatable bonds is 0. The summed E-state index contributed by atoms with van der Waals surface area (Å²) in [6.45, 7) is 0. The van der Waals surface area contributed by atoms with Crippen molar-refractivity contribution in [2.75, 3.05) is 0 Å². The van der Waals surface area contributed by atoms with Crippen LogP contribution in [0.15, 0.2) is 35.3 Å². The van der Waals surface area contributed by atoms with Crippen molar-refractivity contribution >= 4 is 16.7 Å². The van der Waals surface area contributed by atoms with E-state index in [0.717, 1.165) is 0 Å². The third-order valence-electron chi connectivity index (χ3n) is 8.32. The Labute approximate surface area is 292 Å². The minimum Gasteiger partial charge on any atom is -0.232 e. The number of hydrogen-bond acceptors (Lipinski definition) is 12. The Morgan fingerprint density at radius 2 is 0.685 bits per heavy atom. The molecular weight excluding hydrogens is 735 g/mol. The van der Waals surface area contributed by atoms with Gasteiger partial charge >= 0.3 is 18.5 Å². The molecule has 0 fully saturated rings. The molecule has 0 saturated carbocycles. The van der Waals surface area contributed by atoms with Gasteiger partial charge in [0.25, 0.3) is 0 Å². The number of aromatic nitrogens is 6. The van der Waals surface area contributed by atoms with E-state index in [9.17, 15) is 71.1 Å². The van der Waals surface area contributed by atoms with E-state index >= 15 is 0 Å². The Balaban J connectivity index is 1.87. The molecule has 7 rings (SSSR count). The summed E-state index contributed by atoms with van der Waals surface area (Å²) in [5.41, 5.74) is -11.6. The molecule has 21 heteroatoms. The highest BCUT2D eigenvalue weighted by Gasteiger charge is 2.49. The summed E-state index contributed by atoms with van der Waals surface area (Å²) in [6.07, 6.45) is -14.1. The van der Waals surface area contributed by atoms with Gasteiger partial charge in [-0.25, -0.2) is 29.9 Å². The second kappa shape index (κ2) is 11.2. The second-order valence-electron chi connectivity index (χ2n) is 11.0. The predicted molar refractivity (Wildman–Crippen MR) is 156 cm³/mol. The van der Waals surface area contributed by atoms with E-state index in [0.29, 0.717) is 18.6 Å². The Morgan fingerprint density at radius 3 is 1.04 bits per heavy atom. The maximum atomic E-state index is 14.1. The smallest absolute Gasteiger partial charge is 0.232 e. The Bertz CT molecular complexity index is 2810. The van der Waals surface area contributed by atoms with Crippen molar-refractivity contribution in [2.24, 2.45) is 0 Å². The highest BCUT2D eigenvalue weighted by Crippen LogP contribution is 2.64. The first-order chi connectivity index (χ1) is 25.5. The van der Waals surface area contributed by atoms with Crippen molar-refractivity contribution in [2.45, 2.75) is 18.5 Å². The first-order valence-electron chi connectivity index (χ1n) is 14.2. The molecular formula is C33H3F9N12. The standard InChI is InChI=1S/C33H3F9N12/c34-31(35,36)28-51-9-15-19-20-16(10(1-43)2-44)13-7-49-29(32(37,38)39)53-26(13)23(20)21-17(11(3-45)4-46)14-8-50-30(33(40,41)42)54-27(14)24(21)22(19)18(25(15)52-28)12(5-47)6-48/h7-9H. The summed E-state index contributed by atoms with van der Waals surface area (Å²) in [5, 5.41) is 60.3. The molecule has 0 N–H and O–H groups in total. The van der Waals surface area contributed by atoms with E-state index < -0.39 is 137 Å². The van der Waals surface area contributed by atoms with Gasteiger partial charge < -0.3 is 0 Å². The zero-order valence-corrected chi connectivity index (χ0v) is 25.5. The molecule has 0 amide bonds. The maximum absolute atomic E-state index is 14.1. The van der Waals surface area contributed by atoms with Crippen LogP contribution in [0.4, 0.5) is 39.5 Å². The fourth-order valence-corrected chi connectivity index (χ4v) is 6.48. The van der Waals surface area contributed by atoms with Gasteiger partial charge in [-0.1, -0.05) is 0 Å². The molecule has 3 heterocycles. The fraction of sp³-hybridized carbons (Fsp3) is 0.0909. The van der Waals surface area contributed by atoms with Crippen LogP contribution in [0.25, 0.3) is 50.4 Å². The predicted octanol–water partition coefficient (Wildman–Crippen LogP) is 6.60. The molecule has 258 valence electrons. The van der Waals surface area contributed by atoms with E-state index in [2.05, 4.69) is 29.9 Å². The third-order valence-corrected chi connectivity index (χ3v) is 8.32. The third kappa shape index (κ3) is 4.60. The number of alkyl halides is 9. The lowest BCUT2D eigenvalue weighted by atomic mass is 9.83. The van der Waals surface area contributed by atoms with Gasteiger partial charge in [-0.2, -0.15) is 71.1 Å². The van der Waals surface area contributed by atoms with E-state index in [1.807, 2.05) is 0 Å². The molecule has 1 aromatic carbocycles. The monoisotopic (exact) mass is 738 g/mol. The van der Waals surface area contributed by atoms with Crippen LogP contribution in [-0.2, 0) is 18.5 Å². The molecule has 54 heavy (non-hydrogen) atoms. The van der Waals surface area contributed by atoms with E-state index in [1.54, 1.807) is 12.1 Å². The lowest BCUT2D eigenvalue weighted by molar-refractivity contribution is -0.145. The highest BCUT2D eigenvalue weighted by molar-refractivity contribution is 6.23. The fourth-order valence-electron chi connectivity index (χ4n) is 6.48. The van der Waals surface area contributed by atoms with Crippen molar-refractivity contribution in [3.05, 3.63) is 86.3 Å². The van der Waals surface area contributed by atoms with E-state index in [1.165, 1.54) is 24.3 Å². The molecule has 0 saturated heterocycles. The van der Waals surface area contributed by atoms with Crippen LogP contribution in [0.1, 0.15) is 51.0 Å². The molecule has 0 aliphatic heterocycles. The van der Waals surface area contributed by atoms with Crippen molar-refractivity contribution in [3.8, 4) is 70.1 Å². The molecule has 0 bridgehead atoms. The first-order valence-corrected chi connectivity index (χ1v) is 14.2. The first kappa shape index (κ1) is 34.4. The zero-order valence-electron chi connectivity index (χ0n) is 25.5. The van der Waals surface area contributed by atoms with Gasteiger partial charge in [0.2, 0.25) is 17.5 Å². The van der Waals surface area contributed by atoms with Crippen LogP contribution in [0.3, 0.4) is 0 Å². The number of nitrogens with zero attached hydrogens (tertiary/aromatic N) is 12. The number of halogens is 9. The molecule has 3 aliphatic carbocycles. The molecule has 4 aromatic rings. The minimum absolute atomic E-state index is 0.466. The van der Waals surface area contributed by atoms with Gasteiger partial charge in [0.05, 0.1) is 17.1 Å². The van der Waals surface area contributed by atoms with Crippen LogP contribution in [-0.4, -0.2) is 29.9 Å². The minimum atomic E-state index is -5.28. The van der Waals surface area contributed by atoms with Crippen LogP contribution in [0, 0.1) is 68.0 Å². The van der Waals surface area contributed by atoms with Crippen molar-refractivity contribution < 1.29 is 39.5 Å². The Morgan fingerprint density at radius 1 is 0.389 bits per heavy atom. The summed E-state index contributed by atoms with van der Waals surface area (Å²) in [5.74, 6) is -5.43. The van der Waals surface area contributed by atoms with Gasteiger partial charge in [0, 0.05) is 85.4 Å². The molecule has 0 spiro atoms. The number of fused-ring (bicyclic) bond motifs is 12. The van der Waals surface area contributed by atoms with Crippen molar-refractivity contribution in [1.82, 2.24) is 29.9 Å². The van der Waals surface area contributed by atoms with Gasteiger partial charge in [-0.3, -0.25) is 0 Å². The topological polar surface area (TPSA) is 220 Å². The zero-order chi connectivity index (χ0) is 39.2. The number of allylic oxidation sites excluding steroid dienone is 3. The molecule has 0 unspecified atom stereocenters. The van der Waals surface area contributed by atoms with Crippen LogP contribution >= 0.6 is 0 Å². The van der Waals surface area contributed by atoms with Gasteiger partial charge in [-0.05, 0) is 0 Å². The number of benzene rings is 1. The summed E-state index contributed by atoms with van der Waals surface area (Å²) in [6, 6.07) is 9.19. The van der Waals surface area contributed by atoms with Crippen LogP contribution < -0.4 is 0 Å². The van der Waals surface area contributed by atoms with Crippen molar-refractivity contribution in [3.63, 3.8) is 0 Å². The summed E-state index contributed by atoms with van der Waals surface area (Å²) >= 11 is 0. The molecule has 0 radical (unpaired) electrons. The summed E-state index contributed by atoms with van der Waals surface area (Å²) in [4.78, 5) is 20.7. The Kier molecular flexibility index (Phi) is 7.17. The van der Waals surface area contributed by atoms with Gasteiger partial charge in [0.15, 0.2) is 0 Å². The average molecular weight is 738 g/mol. The molecule has 3 aliphatic rings. The summed E-state index contributed by atoms with van der Waals surface area (Å²) in [7, 11) is 0. The normalized spacial score (nSPS) is 13.1. The van der Waals surface area contributed by atoms with Crippen LogP contribution in [0.2, 0.25) is 0 Å². The molecule has 12 nitrogen and oxygen atoms in total. The van der Waals surface area contributed by atoms with E-state index in [-0.39, 0.29) is 0 Å². The van der Waals surface area contributed by atoms with Crippen molar-refractivity contribution in [1.29, 1.82) is 31.6 Å². The van der Waals surface area contributed by atoms with Gasteiger partial charge in [0.1, 0.15) is 53.1 Å². The Hall–Kier alpha value is -8.01. The number of hydrogen-bond donors (Lipinski definition) is 0. The highest BCUT2D eigenvalue weighted by atomic mass is 19.4. The quantitative estimate of drug-likeness (QED) is 0.119. The molecule has 3 aromatic heterocycles. The van der Waals surface area contributed by atoms with Crippen LogP contribution in [0.5, 0.6) is 0 Å². The van der Waals surface area contributed by atoms with Gasteiger partial charge in [-0.15, -0.1) is 0 Å². The maximum Gasteiger partial charge on any atom is 0.451 e. The average Bonchev–Trinajstić information content (AvgIpc) is 3.75. The van der Waals surface area contributed by atoms with E-state index in [4.69, 9.17) is 0 Å². The SMILES string of the molecule is N#CC(C#N)=C1c2cnc(C(F)(F)F)nc2-c2c1c1c(c3c2C(=C(C#N)C#N)c2cnc(C(F)(F)F)nc2-3)C(=C(C#N)C#N)c2nc(C(F)(F)F)ncc2-1.